The normalized spacial score (nSPS) is 16.6. The molecule has 0 aliphatic heterocycles. The van der Waals surface area contributed by atoms with Gasteiger partial charge in [-0.3, -0.25) is 4.79 Å². The number of fused-ring (bicyclic) bond motifs is 1. The number of hydrogen-bond donors (Lipinski definition) is 0. The summed E-state index contributed by atoms with van der Waals surface area (Å²) in [5.74, 6) is -1.01. The van der Waals surface area contributed by atoms with Crippen LogP contribution in [0.5, 0.6) is 0 Å². The fraction of sp³-hybridized carbons (Fsp3) is 0.190. The van der Waals surface area contributed by atoms with Gasteiger partial charge in [-0.05, 0) is 48.2 Å². The Morgan fingerprint density at radius 3 is 2.31 bits per heavy atom. The highest BCUT2D eigenvalue weighted by atomic mass is 79.9. The van der Waals surface area contributed by atoms with Gasteiger partial charge in [0.2, 0.25) is 0 Å². The van der Waals surface area contributed by atoms with E-state index in [1.165, 1.54) is 12.1 Å². The molecule has 0 radical (unpaired) electrons. The molecule has 2 aromatic carbocycles. The number of hydrogen-bond acceptors (Lipinski definition) is 1. The van der Waals surface area contributed by atoms with Crippen molar-refractivity contribution < 1.29 is 13.6 Å². The zero-order valence-corrected chi connectivity index (χ0v) is 15.7. The van der Waals surface area contributed by atoms with E-state index in [0.29, 0.717) is 24.1 Å². The van der Waals surface area contributed by atoms with Gasteiger partial charge in [-0.1, -0.05) is 35.0 Å². The first-order chi connectivity index (χ1) is 12.4. The average Bonchev–Trinajstić information content (AvgIpc) is 2.94. The molecular weight excluding hydrogens is 400 g/mol. The lowest BCUT2D eigenvalue weighted by atomic mass is 9.88. The van der Waals surface area contributed by atoms with Crippen LogP contribution in [-0.4, -0.2) is 10.4 Å². The number of aromatic nitrogens is 1. The predicted molar refractivity (Wildman–Crippen MR) is 101 cm³/mol. The molecule has 132 valence electrons. The van der Waals surface area contributed by atoms with Gasteiger partial charge in [0.25, 0.3) is 0 Å². The molecule has 0 fully saturated rings. The van der Waals surface area contributed by atoms with E-state index in [2.05, 4.69) is 15.9 Å². The van der Waals surface area contributed by atoms with Crippen LogP contribution < -0.4 is 0 Å². The van der Waals surface area contributed by atoms with Crippen LogP contribution in [0.4, 0.5) is 8.78 Å². The van der Waals surface area contributed by atoms with Crippen LogP contribution in [0.15, 0.2) is 53.0 Å². The maximum Gasteiger partial charge on any atom is 0.164 e. The molecule has 5 heteroatoms. The highest BCUT2D eigenvalue weighted by molar-refractivity contribution is 9.10. The second kappa shape index (κ2) is 6.47. The van der Waals surface area contributed by atoms with Gasteiger partial charge < -0.3 is 4.57 Å². The van der Waals surface area contributed by atoms with Gasteiger partial charge in [0.05, 0.1) is 11.4 Å². The Morgan fingerprint density at radius 2 is 1.65 bits per heavy atom. The molecule has 2 nitrogen and oxygen atoms in total. The zero-order chi connectivity index (χ0) is 18.4. The quantitative estimate of drug-likeness (QED) is 0.506. The topological polar surface area (TPSA) is 22.0 Å². The minimum Gasteiger partial charge on any atom is -0.313 e. The average molecular weight is 416 g/mol. The predicted octanol–water partition coefficient (Wildman–Crippen LogP) is 5.95. The number of rotatable bonds is 2. The summed E-state index contributed by atoms with van der Waals surface area (Å²) in [4.78, 5) is 12.5. The van der Waals surface area contributed by atoms with Crippen molar-refractivity contribution in [2.45, 2.75) is 19.8 Å². The summed E-state index contributed by atoms with van der Waals surface area (Å²) < 4.78 is 30.5. The summed E-state index contributed by atoms with van der Waals surface area (Å²) in [5.41, 5.74) is 3.49. The van der Waals surface area contributed by atoms with Gasteiger partial charge in [-0.2, -0.15) is 0 Å². The first kappa shape index (κ1) is 17.2. The van der Waals surface area contributed by atoms with Crippen molar-refractivity contribution in [1.82, 2.24) is 4.57 Å². The Balaban J connectivity index is 2.01. The van der Waals surface area contributed by atoms with Crippen molar-refractivity contribution in [3.8, 4) is 16.9 Å². The molecule has 4 rings (SSSR count). The van der Waals surface area contributed by atoms with Crippen molar-refractivity contribution in [2.24, 2.45) is 5.92 Å². The summed E-state index contributed by atoms with van der Waals surface area (Å²) in [6, 6.07) is 13.0. The molecule has 1 aromatic heterocycles. The molecular formula is C21H16BrF2NO. The number of halogens is 3. The minimum atomic E-state index is -0.639. The van der Waals surface area contributed by atoms with Crippen LogP contribution in [0.1, 0.15) is 29.4 Å². The zero-order valence-electron chi connectivity index (χ0n) is 14.1. The van der Waals surface area contributed by atoms with Crippen molar-refractivity contribution in [3.05, 3.63) is 75.9 Å². The molecule has 0 amide bonds. The van der Waals surface area contributed by atoms with Crippen LogP contribution in [0.3, 0.4) is 0 Å². The number of Topliss-reactive ketones (excluding diaryl/α,β-unsaturated/α-hetero) is 1. The number of nitrogens with zero attached hydrogens (tertiary/aromatic N) is 1. The van der Waals surface area contributed by atoms with E-state index >= 15 is 0 Å². The van der Waals surface area contributed by atoms with Crippen LogP contribution in [0, 0.1) is 17.6 Å². The Morgan fingerprint density at radius 1 is 1.00 bits per heavy atom. The summed E-state index contributed by atoms with van der Waals surface area (Å²) in [5, 5.41) is 0. The molecule has 0 N–H and O–H groups in total. The smallest absolute Gasteiger partial charge is 0.164 e. The molecule has 0 bridgehead atoms. The van der Waals surface area contributed by atoms with Crippen LogP contribution in [0.2, 0.25) is 0 Å². The summed E-state index contributed by atoms with van der Waals surface area (Å²) >= 11 is 3.41. The maximum absolute atomic E-state index is 13.9. The number of ketones is 1. The van der Waals surface area contributed by atoms with E-state index in [4.69, 9.17) is 0 Å². The molecule has 1 aliphatic rings. The molecule has 26 heavy (non-hydrogen) atoms. The molecule has 0 saturated heterocycles. The molecule has 0 saturated carbocycles. The maximum atomic E-state index is 13.9. The van der Waals surface area contributed by atoms with Gasteiger partial charge in [-0.15, -0.1) is 0 Å². The lowest BCUT2D eigenvalue weighted by Gasteiger charge is -2.21. The number of benzene rings is 2. The molecule has 1 heterocycles. The van der Waals surface area contributed by atoms with E-state index < -0.39 is 11.6 Å². The lowest BCUT2D eigenvalue weighted by Crippen LogP contribution is -2.19. The van der Waals surface area contributed by atoms with Crippen LogP contribution in [-0.2, 0) is 6.42 Å². The third-order valence-electron chi connectivity index (χ3n) is 4.72. The fourth-order valence-corrected chi connectivity index (χ4v) is 3.88. The van der Waals surface area contributed by atoms with Crippen LogP contribution in [0.25, 0.3) is 16.9 Å². The van der Waals surface area contributed by atoms with Gasteiger partial charge in [0, 0.05) is 28.2 Å². The number of carbonyl (C=O) groups excluding carboxylic acids is 1. The second-order valence-corrected chi connectivity index (χ2v) is 7.71. The second-order valence-electron chi connectivity index (χ2n) is 6.80. The Kier molecular flexibility index (Phi) is 4.27. The first-order valence-electron chi connectivity index (χ1n) is 8.42. The molecule has 1 atom stereocenters. The van der Waals surface area contributed by atoms with Crippen molar-refractivity contribution in [1.29, 1.82) is 0 Å². The highest BCUT2D eigenvalue weighted by Crippen LogP contribution is 2.36. The summed E-state index contributed by atoms with van der Waals surface area (Å²) in [7, 11) is 0. The van der Waals surface area contributed by atoms with E-state index in [0.717, 1.165) is 27.5 Å². The third kappa shape index (κ3) is 3.01. The Labute approximate surface area is 158 Å². The molecule has 3 aromatic rings. The van der Waals surface area contributed by atoms with Gasteiger partial charge in [-0.25, -0.2) is 8.78 Å². The third-order valence-corrected chi connectivity index (χ3v) is 5.25. The van der Waals surface area contributed by atoms with E-state index in [-0.39, 0.29) is 11.7 Å². The number of carbonyl (C=O) groups is 1. The fourth-order valence-electron chi connectivity index (χ4n) is 3.62. The molecule has 0 unspecified atom stereocenters. The molecule has 0 spiro atoms. The van der Waals surface area contributed by atoms with Gasteiger partial charge in [0.15, 0.2) is 5.78 Å². The van der Waals surface area contributed by atoms with Gasteiger partial charge >= 0.3 is 0 Å². The van der Waals surface area contributed by atoms with Crippen molar-refractivity contribution >= 4 is 21.7 Å². The SMILES string of the molecule is C[C@@H]1CC(=O)c2cc(-c3ccc(Br)cc3)n(-c3cc(F)cc(F)c3)c2C1. The standard InChI is InChI=1S/C21H16BrF2NO/c1-12-6-20-18(21(26)7-12)11-19(13-2-4-14(22)5-3-13)25(20)17-9-15(23)8-16(24)10-17/h2-5,8-12H,6-7H2,1H3/t12-/m0/s1. The first-order valence-corrected chi connectivity index (χ1v) is 9.22. The van der Waals surface area contributed by atoms with Crippen molar-refractivity contribution in [3.63, 3.8) is 0 Å². The summed E-state index contributed by atoms with van der Waals surface area (Å²) in [6.07, 6.45) is 1.18. The van der Waals surface area contributed by atoms with E-state index in [1.807, 2.05) is 41.8 Å². The summed E-state index contributed by atoms with van der Waals surface area (Å²) in [6.45, 7) is 2.02. The largest absolute Gasteiger partial charge is 0.313 e. The lowest BCUT2D eigenvalue weighted by molar-refractivity contribution is 0.0952. The van der Waals surface area contributed by atoms with Gasteiger partial charge in [0.1, 0.15) is 11.6 Å². The Hall–Kier alpha value is -2.27. The van der Waals surface area contributed by atoms with E-state index in [1.54, 1.807) is 0 Å². The monoisotopic (exact) mass is 415 g/mol. The van der Waals surface area contributed by atoms with Crippen LogP contribution >= 0.6 is 15.9 Å². The highest BCUT2D eigenvalue weighted by Gasteiger charge is 2.29. The Bertz CT molecular complexity index is 987. The molecule has 1 aliphatic carbocycles. The van der Waals surface area contributed by atoms with E-state index in [9.17, 15) is 13.6 Å². The minimum absolute atomic E-state index is 0.0766. The van der Waals surface area contributed by atoms with Crippen molar-refractivity contribution in [2.75, 3.05) is 0 Å².